The number of allylic oxidation sites excluding steroid dienone is 1. The van der Waals surface area contributed by atoms with Crippen molar-refractivity contribution in [2.75, 3.05) is 13.2 Å². The third-order valence-electron chi connectivity index (χ3n) is 11.3. The highest BCUT2D eigenvalue weighted by Crippen LogP contribution is 2.59. The van der Waals surface area contributed by atoms with Gasteiger partial charge in [-0.2, -0.15) is 0 Å². The molecule has 3 aliphatic heterocycles. The normalized spacial score (nSPS) is 24.0. The van der Waals surface area contributed by atoms with E-state index in [-0.39, 0.29) is 32.0 Å². The van der Waals surface area contributed by atoms with Gasteiger partial charge in [-0.1, -0.05) is 90.2 Å². The van der Waals surface area contributed by atoms with Crippen molar-refractivity contribution in [2.45, 2.75) is 81.6 Å². The SMILES string of the molecule is C=CCCC(=O)N[C@@H](C)[C@H](OC(=O)[C@@H]1[C@H]2C(=O)N([C@@H](CO)Cc3ccccc3)[C@H](C(=O)N(CC=C)Cn3nnc4ccccc43)[C@]23CC[C@H]1O3)c1ccccc1. The number of likely N-dealkylation sites (tertiary alicyclic amines) is 1. The van der Waals surface area contributed by atoms with Crippen molar-refractivity contribution in [2.24, 2.45) is 11.8 Å². The van der Waals surface area contributed by atoms with Gasteiger partial charge in [-0.25, -0.2) is 4.68 Å². The highest BCUT2D eigenvalue weighted by molar-refractivity contribution is 5.98. The van der Waals surface area contributed by atoms with E-state index in [1.807, 2.05) is 84.9 Å². The summed E-state index contributed by atoms with van der Waals surface area (Å²) in [4.78, 5) is 60.6. The van der Waals surface area contributed by atoms with Crippen LogP contribution < -0.4 is 5.32 Å². The van der Waals surface area contributed by atoms with Crippen LogP contribution in [0.4, 0.5) is 0 Å². The number of benzene rings is 3. The monoisotopic (exact) mass is 760 g/mol. The molecule has 1 aromatic heterocycles. The zero-order chi connectivity index (χ0) is 39.4. The summed E-state index contributed by atoms with van der Waals surface area (Å²) in [5.41, 5.74) is 1.56. The predicted octanol–water partition coefficient (Wildman–Crippen LogP) is 4.14. The van der Waals surface area contributed by atoms with Gasteiger partial charge in [-0.15, -0.1) is 18.3 Å². The number of para-hydroxylation sites is 1. The number of carbonyl (C=O) groups is 4. The standard InChI is InChI=1S/C43H48N6O7/c1-4-6-21-35(51)44-28(3)38(30-17-11-8-12-18-30)55-42(54)36-34-22-23-43(56-34)37(36)40(52)49(31(26-50)25-29-15-9-7-10-16-29)39(43)41(53)47(24-5-2)27-48-33-20-14-13-19-32(33)45-46-48/h4-5,7-20,28,31,34,36-39,50H,1-2,6,21-27H2,3H3,(H,44,51)/t28-,31+,34+,36-,37-,38-,39+,43-/m0/s1. The molecule has 0 saturated carbocycles. The summed E-state index contributed by atoms with van der Waals surface area (Å²) in [6.45, 7) is 9.08. The Kier molecular flexibility index (Phi) is 11.4. The lowest BCUT2D eigenvalue weighted by molar-refractivity contribution is -0.162. The first-order chi connectivity index (χ1) is 27.2. The highest BCUT2D eigenvalue weighted by Gasteiger charge is 2.75. The van der Waals surface area contributed by atoms with Gasteiger partial charge in [0, 0.05) is 13.0 Å². The smallest absolute Gasteiger partial charge is 0.313 e. The lowest BCUT2D eigenvalue weighted by Gasteiger charge is -2.39. The number of amides is 3. The first-order valence-electron chi connectivity index (χ1n) is 19.2. The van der Waals surface area contributed by atoms with E-state index in [4.69, 9.17) is 9.47 Å². The predicted molar refractivity (Wildman–Crippen MR) is 207 cm³/mol. The molecule has 3 aliphatic rings. The molecule has 56 heavy (non-hydrogen) atoms. The second-order valence-electron chi connectivity index (χ2n) is 14.8. The number of hydrogen-bond donors (Lipinski definition) is 2. The number of nitrogens with zero attached hydrogens (tertiary/aromatic N) is 5. The molecule has 13 nitrogen and oxygen atoms in total. The van der Waals surface area contributed by atoms with Crippen LogP contribution in [0.3, 0.4) is 0 Å². The van der Waals surface area contributed by atoms with Crippen LogP contribution in [0.2, 0.25) is 0 Å². The van der Waals surface area contributed by atoms with Gasteiger partial charge >= 0.3 is 5.97 Å². The van der Waals surface area contributed by atoms with Crippen molar-refractivity contribution in [3.8, 4) is 0 Å². The summed E-state index contributed by atoms with van der Waals surface area (Å²) in [6.07, 6.45) is 3.48. The Morgan fingerprint density at radius 3 is 2.48 bits per heavy atom. The minimum Gasteiger partial charge on any atom is -0.455 e. The Hall–Kier alpha value is -5.66. The molecule has 2 bridgehead atoms. The van der Waals surface area contributed by atoms with E-state index in [9.17, 15) is 14.7 Å². The van der Waals surface area contributed by atoms with Crippen LogP contribution in [0.1, 0.15) is 49.8 Å². The van der Waals surface area contributed by atoms with Gasteiger partial charge in [-0.3, -0.25) is 19.2 Å². The number of ether oxygens (including phenoxy) is 2. The zero-order valence-corrected chi connectivity index (χ0v) is 31.5. The number of hydrogen-bond acceptors (Lipinski definition) is 9. The van der Waals surface area contributed by atoms with E-state index in [0.717, 1.165) is 11.1 Å². The molecule has 7 rings (SSSR count). The van der Waals surface area contributed by atoms with Crippen LogP contribution >= 0.6 is 0 Å². The van der Waals surface area contributed by atoms with Crippen LogP contribution in [-0.4, -0.2) is 96.6 Å². The average Bonchev–Trinajstić information content (AvgIpc) is 3.98. The minimum atomic E-state index is -1.37. The van der Waals surface area contributed by atoms with Crippen LogP contribution in [0.5, 0.6) is 0 Å². The molecule has 13 heteroatoms. The molecule has 0 radical (unpaired) electrons. The maximum Gasteiger partial charge on any atom is 0.313 e. The maximum atomic E-state index is 15.2. The lowest BCUT2D eigenvalue weighted by atomic mass is 9.70. The number of aliphatic hydroxyl groups excluding tert-OH is 1. The molecule has 4 aromatic rings. The van der Waals surface area contributed by atoms with Gasteiger partial charge < -0.3 is 29.7 Å². The van der Waals surface area contributed by atoms with Crippen LogP contribution in [0, 0.1) is 11.8 Å². The fourth-order valence-electron chi connectivity index (χ4n) is 8.84. The third kappa shape index (κ3) is 7.24. The van der Waals surface area contributed by atoms with Gasteiger partial charge in [-0.05, 0) is 55.9 Å². The summed E-state index contributed by atoms with van der Waals surface area (Å²) >= 11 is 0. The Labute approximate surface area is 325 Å². The van der Waals surface area contributed by atoms with E-state index >= 15 is 9.59 Å². The zero-order valence-electron chi connectivity index (χ0n) is 31.5. The summed E-state index contributed by atoms with van der Waals surface area (Å²) in [6, 6.07) is 23.4. The van der Waals surface area contributed by atoms with E-state index in [1.54, 1.807) is 28.7 Å². The molecule has 2 N–H and O–H groups in total. The van der Waals surface area contributed by atoms with Gasteiger partial charge in [0.25, 0.3) is 0 Å². The Morgan fingerprint density at radius 1 is 1.05 bits per heavy atom. The number of aliphatic hydroxyl groups is 1. The molecule has 3 amide bonds. The van der Waals surface area contributed by atoms with E-state index in [1.165, 1.54) is 4.90 Å². The van der Waals surface area contributed by atoms with Crippen molar-refractivity contribution in [3.05, 3.63) is 121 Å². The number of carbonyl (C=O) groups excluding carboxylic acids is 4. The summed E-state index contributed by atoms with van der Waals surface area (Å²) in [7, 11) is 0. The largest absolute Gasteiger partial charge is 0.455 e. The molecular weight excluding hydrogens is 713 g/mol. The van der Waals surface area contributed by atoms with Gasteiger partial charge in [0.1, 0.15) is 29.9 Å². The van der Waals surface area contributed by atoms with Crippen LogP contribution in [0.25, 0.3) is 11.0 Å². The fraction of sp³-hybridized carbons (Fsp3) is 0.395. The summed E-state index contributed by atoms with van der Waals surface area (Å²) < 4.78 is 14.7. The van der Waals surface area contributed by atoms with Gasteiger partial charge in [0.15, 0.2) is 0 Å². The molecule has 0 aliphatic carbocycles. The lowest BCUT2D eigenvalue weighted by Crippen LogP contribution is -2.59. The molecule has 0 unspecified atom stereocenters. The minimum absolute atomic E-state index is 0.0111. The van der Waals surface area contributed by atoms with Crippen molar-refractivity contribution in [1.29, 1.82) is 0 Å². The Morgan fingerprint density at radius 2 is 1.77 bits per heavy atom. The molecule has 3 aromatic carbocycles. The first-order valence-corrected chi connectivity index (χ1v) is 19.2. The second kappa shape index (κ2) is 16.6. The molecule has 292 valence electrons. The number of nitrogens with one attached hydrogen (secondary N) is 1. The average molecular weight is 761 g/mol. The van der Waals surface area contributed by atoms with Gasteiger partial charge in [0.05, 0.1) is 42.1 Å². The second-order valence-corrected chi connectivity index (χ2v) is 14.8. The molecule has 3 saturated heterocycles. The molecule has 3 fully saturated rings. The van der Waals surface area contributed by atoms with Crippen molar-refractivity contribution >= 4 is 34.7 Å². The van der Waals surface area contributed by atoms with Crippen molar-refractivity contribution < 1.29 is 33.8 Å². The molecular formula is C43H48N6O7. The summed E-state index contributed by atoms with van der Waals surface area (Å²) in [5, 5.41) is 22.5. The maximum absolute atomic E-state index is 15.2. The first kappa shape index (κ1) is 38.6. The Balaban J connectivity index is 1.24. The summed E-state index contributed by atoms with van der Waals surface area (Å²) in [5.74, 6) is -3.82. The topological polar surface area (TPSA) is 156 Å². The van der Waals surface area contributed by atoms with E-state index < -0.39 is 72.2 Å². The fourth-order valence-corrected chi connectivity index (χ4v) is 8.84. The quantitative estimate of drug-likeness (QED) is 0.119. The van der Waals surface area contributed by atoms with Crippen molar-refractivity contribution in [3.63, 3.8) is 0 Å². The van der Waals surface area contributed by atoms with Crippen molar-refractivity contribution in [1.82, 2.24) is 30.1 Å². The molecule has 1 spiro atoms. The number of rotatable bonds is 17. The number of fused-ring (bicyclic) bond motifs is 2. The number of esters is 1. The van der Waals surface area contributed by atoms with Gasteiger partial charge in [0.2, 0.25) is 17.7 Å². The molecule has 4 heterocycles. The highest BCUT2D eigenvalue weighted by atomic mass is 16.6. The van der Waals surface area contributed by atoms with Crippen LogP contribution in [-0.2, 0) is 41.7 Å². The molecule has 8 atom stereocenters. The Bertz CT molecular complexity index is 2070. The van der Waals surface area contributed by atoms with E-state index in [2.05, 4.69) is 28.8 Å². The third-order valence-corrected chi connectivity index (χ3v) is 11.3. The number of aromatic nitrogens is 3. The van der Waals surface area contributed by atoms with E-state index in [0.29, 0.717) is 30.3 Å². The van der Waals surface area contributed by atoms with Crippen LogP contribution in [0.15, 0.2) is 110 Å².